The minimum absolute atomic E-state index is 0.00565. The van der Waals surface area contributed by atoms with E-state index in [9.17, 15) is 14.7 Å². The molecule has 0 fully saturated rings. The van der Waals surface area contributed by atoms with E-state index in [1.807, 2.05) is 0 Å². The van der Waals surface area contributed by atoms with Gasteiger partial charge < -0.3 is 20.1 Å². The molecule has 2 aromatic heterocycles. The van der Waals surface area contributed by atoms with Crippen LogP contribution >= 0.6 is 0 Å². The molecule has 3 aromatic rings. The summed E-state index contributed by atoms with van der Waals surface area (Å²) < 4.78 is 36.9. The molecule has 0 amide bonds. The van der Waals surface area contributed by atoms with Crippen LogP contribution in [0.2, 0.25) is 0 Å². The number of rotatable bonds is 1. The molecule has 6 rings (SSSR count). The summed E-state index contributed by atoms with van der Waals surface area (Å²) in [6, 6.07) is 4.79. The van der Waals surface area contributed by atoms with Crippen molar-refractivity contribution in [3.8, 4) is 11.4 Å². The van der Waals surface area contributed by atoms with Gasteiger partial charge in [0.25, 0.3) is 11.5 Å². The number of halogens is 2. The van der Waals surface area contributed by atoms with Gasteiger partial charge in [0.15, 0.2) is 5.60 Å². The number of benzene rings is 1. The molecule has 1 atom stereocenters. The fourth-order valence-corrected chi connectivity index (χ4v) is 5.34. The van der Waals surface area contributed by atoms with Gasteiger partial charge >= 0.3 is 5.97 Å². The first kappa shape index (κ1) is 19.4. The number of nitrogens with two attached hydrogens (primary N) is 1. The Kier molecular flexibility index (Phi) is 3.58. The molecule has 0 spiro atoms. The highest BCUT2D eigenvalue weighted by molar-refractivity contribution is 5.95. The van der Waals surface area contributed by atoms with E-state index in [-0.39, 0.29) is 60.4 Å². The molecular weight excluding hydrogens is 420 g/mol. The van der Waals surface area contributed by atoms with Crippen molar-refractivity contribution < 1.29 is 23.4 Å². The number of fused-ring (bicyclic) bond motifs is 5. The highest BCUT2D eigenvalue weighted by Crippen LogP contribution is 2.50. The van der Waals surface area contributed by atoms with Crippen LogP contribution in [0.15, 0.2) is 23.0 Å². The van der Waals surface area contributed by atoms with Gasteiger partial charge in [0, 0.05) is 34.2 Å². The van der Waals surface area contributed by atoms with Crippen molar-refractivity contribution in [1.29, 1.82) is 0 Å². The number of alkyl halides is 2. The Morgan fingerprint density at radius 3 is 2.78 bits per heavy atom. The lowest BCUT2D eigenvalue weighted by Gasteiger charge is -2.31. The van der Waals surface area contributed by atoms with Gasteiger partial charge in [-0.25, -0.2) is 18.6 Å². The van der Waals surface area contributed by atoms with Crippen LogP contribution in [0.3, 0.4) is 0 Å². The Balaban J connectivity index is 1.71. The summed E-state index contributed by atoms with van der Waals surface area (Å²) in [6.07, 6.45) is -0.223. The number of nitrogen functional groups attached to an aromatic ring is 1. The van der Waals surface area contributed by atoms with E-state index >= 15 is 8.78 Å². The number of ether oxygens (including phenoxy) is 1. The topological polar surface area (TPSA) is 107 Å². The zero-order valence-electron chi connectivity index (χ0n) is 17.2. The van der Waals surface area contributed by atoms with Crippen molar-refractivity contribution in [2.45, 2.75) is 50.9 Å². The Morgan fingerprint density at radius 2 is 2.03 bits per heavy atom. The van der Waals surface area contributed by atoms with Crippen LogP contribution < -0.4 is 11.3 Å². The third-order valence-corrected chi connectivity index (χ3v) is 7.05. The number of carbonyl (C=O) groups excluding carboxylic acids is 1. The van der Waals surface area contributed by atoms with E-state index in [4.69, 9.17) is 10.5 Å². The number of aromatic nitrogens is 2. The molecular formula is C23H19F2N3O4. The number of cyclic esters (lactones) is 1. The standard InChI is InChI=1S/C23H19F2N3O4/c1-2-22(31)13-7-16-19-11(8-28(16)20(29)12(13)9-32-21(22)30)18-17-10(5-6-23(18,24)25)14(26)3-4-15(17)27-19/h3-4,7,31H,2,5-6,8-9,26H2,1H3/t22-/m0/s1. The van der Waals surface area contributed by atoms with Gasteiger partial charge in [0.1, 0.15) is 6.61 Å². The molecule has 3 aliphatic rings. The first-order valence-electron chi connectivity index (χ1n) is 10.5. The summed E-state index contributed by atoms with van der Waals surface area (Å²) in [5.41, 5.74) is 6.14. The first-order chi connectivity index (χ1) is 15.2. The van der Waals surface area contributed by atoms with Crippen molar-refractivity contribution in [2.24, 2.45) is 0 Å². The van der Waals surface area contributed by atoms with Crippen molar-refractivity contribution in [3.63, 3.8) is 0 Å². The van der Waals surface area contributed by atoms with Gasteiger partial charge in [-0.15, -0.1) is 0 Å². The molecule has 0 saturated carbocycles. The zero-order chi connectivity index (χ0) is 22.6. The number of esters is 1. The minimum Gasteiger partial charge on any atom is -0.458 e. The van der Waals surface area contributed by atoms with Crippen LogP contribution in [-0.2, 0) is 40.6 Å². The number of carbonyl (C=O) groups is 1. The Bertz CT molecular complexity index is 1450. The van der Waals surface area contributed by atoms with Crippen LogP contribution in [0.5, 0.6) is 0 Å². The van der Waals surface area contributed by atoms with Gasteiger partial charge in [-0.2, -0.15) is 0 Å². The summed E-state index contributed by atoms with van der Waals surface area (Å²) in [6.45, 7) is 1.26. The van der Waals surface area contributed by atoms with Crippen LogP contribution in [0, 0.1) is 0 Å². The summed E-state index contributed by atoms with van der Waals surface area (Å²) in [7, 11) is 0. The Morgan fingerprint density at radius 1 is 1.25 bits per heavy atom. The molecule has 9 heteroatoms. The number of hydrogen-bond donors (Lipinski definition) is 2. The molecule has 0 bridgehead atoms. The maximum Gasteiger partial charge on any atom is 0.343 e. The van der Waals surface area contributed by atoms with Crippen molar-refractivity contribution >= 4 is 22.6 Å². The normalized spacial score (nSPS) is 22.3. The quantitative estimate of drug-likeness (QED) is 0.349. The third-order valence-electron chi connectivity index (χ3n) is 7.05. The van der Waals surface area contributed by atoms with E-state index in [0.717, 1.165) is 0 Å². The molecule has 4 heterocycles. The molecule has 164 valence electrons. The zero-order valence-corrected chi connectivity index (χ0v) is 17.2. The molecule has 3 N–H and O–H groups in total. The lowest BCUT2D eigenvalue weighted by Crippen LogP contribution is -2.44. The predicted octanol–water partition coefficient (Wildman–Crippen LogP) is 2.70. The number of aliphatic hydroxyl groups is 1. The fraction of sp³-hybridized carbons (Fsp3) is 0.348. The van der Waals surface area contributed by atoms with Gasteiger partial charge in [-0.3, -0.25) is 4.79 Å². The van der Waals surface area contributed by atoms with Crippen molar-refractivity contribution in [1.82, 2.24) is 9.55 Å². The smallest absolute Gasteiger partial charge is 0.343 e. The van der Waals surface area contributed by atoms with E-state index in [1.165, 1.54) is 10.6 Å². The second kappa shape index (κ2) is 5.92. The molecule has 2 aliphatic heterocycles. The maximum atomic E-state index is 15.2. The van der Waals surface area contributed by atoms with E-state index < -0.39 is 23.1 Å². The number of nitrogens with zero attached hydrogens (tertiary/aromatic N) is 2. The SMILES string of the molecule is CC[C@@]1(O)C(=O)OCc2c1cc1n(c2=O)Cc2c-1nc1ccc(N)c3c1c2C(F)(F)CC3. The van der Waals surface area contributed by atoms with Crippen LogP contribution in [0.25, 0.3) is 22.3 Å². The second-order valence-electron chi connectivity index (χ2n) is 8.65. The van der Waals surface area contributed by atoms with Gasteiger partial charge in [-0.1, -0.05) is 6.92 Å². The second-order valence-corrected chi connectivity index (χ2v) is 8.65. The molecule has 1 aliphatic carbocycles. The molecule has 0 unspecified atom stereocenters. The van der Waals surface area contributed by atoms with Crippen molar-refractivity contribution in [2.75, 3.05) is 5.73 Å². The van der Waals surface area contributed by atoms with E-state index in [1.54, 1.807) is 19.1 Å². The monoisotopic (exact) mass is 439 g/mol. The predicted molar refractivity (Wildman–Crippen MR) is 111 cm³/mol. The van der Waals surface area contributed by atoms with Gasteiger partial charge in [0.2, 0.25) is 0 Å². The largest absolute Gasteiger partial charge is 0.458 e. The van der Waals surface area contributed by atoms with Crippen molar-refractivity contribution in [3.05, 3.63) is 56.4 Å². The lowest BCUT2D eigenvalue weighted by molar-refractivity contribution is -0.172. The van der Waals surface area contributed by atoms with E-state index in [2.05, 4.69) is 4.98 Å². The Labute approximate surface area is 180 Å². The fourth-order valence-electron chi connectivity index (χ4n) is 5.34. The average molecular weight is 439 g/mol. The molecule has 0 radical (unpaired) electrons. The number of anilines is 1. The maximum absolute atomic E-state index is 15.2. The summed E-state index contributed by atoms with van der Waals surface area (Å²) in [5.74, 6) is -3.93. The van der Waals surface area contributed by atoms with E-state index in [0.29, 0.717) is 27.8 Å². The lowest BCUT2D eigenvalue weighted by atomic mass is 9.83. The minimum atomic E-state index is -3.10. The number of pyridine rings is 2. The van der Waals surface area contributed by atoms with Crippen LogP contribution in [0.4, 0.5) is 14.5 Å². The first-order valence-corrected chi connectivity index (χ1v) is 10.5. The van der Waals surface area contributed by atoms with Crippen LogP contribution in [0.1, 0.15) is 47.6 Å². The summed E-state index contributed by atoms with van der Waals surface area (Å²) in [5, 5.41) is 11.3. The average Bonchev–Trinajstić information content (AvgIpc) is 3.13. The number of hydrogen-bond acceptors (Lipinski definition) is 6. The highest BCUT2D eigenvalue weighted by atomic mass is 19.3. The third kappa shape index (κ3) is 2.19. The Hall–Kier alpha value is -3.33. The van der Waals surface area contributed by atoms with Crippen LogP contribution in [-0.4, -0.2) is 20.6 Å². The molecule has 1 aromatic carbocycles. The van der Waals surface area contributed by atoms with Gasteiger partial charge in [-0.05, 0) is 36.6 Å². The van der Waals surface area contributed by atoms with Gasteiger partial charge in [0.05, 0.1) is 29.0 Å². The molecule has 32 heavy (non-hydrogen) atoms. The summed E-state index contributed by atoms with van der Waals surface area (Å²) in [4.78, 5) is 30.2. The number of aryl methyl sites for hydroxylation is 1. The molecule has 7 nitrogen and oxygen atoms in total. The highest BCUT2D eigenvalue weighted by Gasteiger charge is 2.47. The summed E-state index contributed by atoms with van der Waals surface area (Å²) >= 11 is 0. The molecule has 0 saturated heterocycles.